The summed E-state index contributed by atoms with van der Waals surface area (Å²) in [5.74, 6) is -0.525. The van der Waals surface area contributed by atoms with Gasteiger partial charge in [-0.05, 0) is 42.5 Å². The zero-order valence-electron chi connectivity index (χ0n) is 12.7. The van der Waals surface area contributed by atoms with Gasteiger partial charge in [0.25, 0.3) is 5.91 Å². The number of carbonyl (C=O) groups is 1. The van der Waals surface area contributed by atoms with Gasteiger partial charge in [0.05, 0.1) is 10.2 Å². The number of carbonyl (C=O) groups excluding carboxylic acids is 1. The fraction of sp³-hybridized carbons (Fsp3) is 0.176. The van der Waals surface area contributed by atoms with Crippen molar-refractivity contribution >= 4 is 44.4 Å². The molecule has 1 N–H and O–H groups in total. The lowest BCUT2D eigenvalue weighted by atomic mass is 10.2. The highest BCUT2D eigenvalue weighted by atomic mass is 32.2. The second-order valence-electron chi connectivity index (χ2n) is 5.28. The van der Waals surface area contributed by atoms with Gasteiger partial charge in [-0.1, -0.05) is 25.2 Å². The lowest BCUT2D eigenvalue weighted by molar-refractivity contribution is 0.102. The zero-order valence-corrected chi connectivity index (χ0v) is 14.3. The third-order valence-electron chi connectivity index (χ3n) is 3.06. The summed E-state index contributed by atoms with van der Waals surface area (Å²) in [5.41, 5.74) is 1.25. The number of halogens is 1. The van der Waals surface area contributed by atoms with Crippen molar-refractivity contribution in [2.75, 3.05) is 5.32 Å². The molecule has 0 radical (unpaired) electrons. The minimum Gasteiger partial charge on any atom is -0.298 e. The molecule has 3 nitrogen and oxygen atoms in total. The molecular weight excluding hydrogens is 331 g/mol. The quantitative estimate of drug-likeness (QED) is 0.661. The van der Waals surface area contributed by atoms with Crippen molar-refractivity contribution in [2.45, 2.75) is 24.0 Å². The Hall–Kier alpha value is -1.92. The third-order valence-corrected chi connectivity index (χ3v) is 5.01. The first-order chi connectivity index (χ1) is 11.0. The van der Waals surface area contributed by atoms with E-state index in [0.29, 0.717) is 26.2 Å². The van der Waals surface area contributed by atoms with Gasteiger partial charge in [0.15, 0.2) is 5.13 Å². The maximum absolute atomic E-state index is 13.2. The number of benzene rings is 2. The number of thioether (sulfide) groups is 1. The fourth-order valence-electron chi connectivity index (χ4n) is 2.08. The van der Waals surface area contributed by atoms with Crippen LogP contribution in [0.25, 0.3) is 10.2 Å². The number of hydrogen-bond donors (Lipinski definition) is 1. The Balaban J connectivity index is 1.74. The van der Waals surface area contributed by atoms with Gasteiger partial charge in [0, 0.05) is 15.7 Å². The Morgan fingerprint density at radius 2 is 1.96 bits per heavy atom. The minimum atomic E-state index is -0.308. The molecule has 118 valence electrons. The van der Waals surface area contributed by atoms with Crippen LogP contribution in [0, 0.1) is 5.82 Å². The van der Waals surface area contributed by atoms with Crippen molar-refractivity contribution in [2.24, 2.45) is 0 Å². The van der Waals surface area contributed by atoms with Gasteiger partial charge in [-0.3, -0.25) is 10.1 Å². The standard InChI is InChI=1S/C17H15FN2OS2/c1-10(2)22-13-6-3-11(4-7-13)16(21)20-17-19-14-8-5-12(18)9-15(14)23-17/h3-10H,1-2H3,(H,19,20,21). The second kappa shape index (κ2) is 6.68. The second-order valence-corrected chi connectivity index (χ2v) is 7.96. The molecule has 2 aromatic carbocycles. The van der Waals surface area contributed by atoms with E-state index in [2.05, 4.69) is 24.1 Å². The summed E-state index contributed by atoms with van der Waals surface area (Å²) in [6.45, 7) is 4.25. The van der Waals surface area contributed by atoms with Gasteiger partial charge in [-0.2, -0.15) is 0 Å². The Morgan fingerprint density at radius 3 is 2.65 bits per heavy atom. The summed E-state index contributed by atoms with van der Waals surface area (Å²) in [4.78, 5) is 17.7. The Labute approximate surface area is 141 Å². The number of fused-ring (bicyclic) bond motifs is 1. The molecule has 1 heterocycles. The first-order valence-corrected chi connectivity index (χ1v) is 8.85. The predicted molar refractivity (Wildman–Crippen MR) is 95.0 cm³/mol. The molecule has 1 aromatic heterocycles. The van der Waals surface area contributed by atoms with Crippen LogP contribution < -0.4 is 5.32 Å². The maximum Gasteiger partial charge on any atom is 0.257 e. The summed E-state index contributed by atoms with van der Waals surface area (Å²) < 4.78 is 13.9. The summed E-state index contributed by atoms with van der Waals surface area (Å²) in [6.07, 6.45) is 0. The zero-order chi connectivity index (χ0) is 16.4. The van der Waals surface area contributed by atoms with E-state index in [1.165, 1.54) is 23.5 Å². The Bertz CT molecular complexity index is 843. The topological polar surface area (TPSA) is 42.0 Å². The van der Waals surface area contributed by atoms with Gasteiger partial charge in [0.1, 0.15) is 5.82 Å². The van der Waals surface area contributed by atoms with E-state index in [1.807, 2.05) is 12.1 Å². The Kier molecular flexibility index (Phi) is 4.63. The van der Waals surface area contributed by atoms with Crippen LogP contribution in [-0.2, 0) is 0 Å². The highest BCUT2D eigenvalue weighted by Gasteiger charge is 2.10. The first-order valence-electron chi connectivity index (χ1n) is 7.15. The van der Waals surface area contributed by atoms with E-state index in [9.17, 15) is 9.18 Å². The van der Waals surface area contributed by atoms with Crippen LogP contribution in [0.2, 0.25) is 0 Å². The summed E-state index contributed by atoms with van der Waals surface area (Å²) in [6, 6.07) is 11.9. The molecule has 0 atom stereocenters. The van der Waals surface area contributed by atoms with Crippen molar-refractivity contribution in [1.29, 1.82) is 0 Å². The molecular formula is C17H15FN2OS2. The molecule has 1 amide bonds. The number of thiazole rings is 1. The molecule has 3 aromatic rings. The number of hydrogen-bond acceptors (Lipinski definition) is 4. The van der Waals surface area contributed by atoms with Crippen LogP contribution in [0.15, 0.2) is 47.4 Å². The lowest BCUT2D eigenvalue weighted by Gasteiger charge is -2.06. The van der Waals surface area contributed by atoms with E-state index < -0.39 is 0 Å². The van der Waals surface area contributed by atoms with E-state index in [-0.39, 0.29) is 11.7 Å². The molecule has 0 spiro atoms. The van der Waals surface area contributed by atoms with Gasteiger partial charge in [-0.25, -0.2) is 9.37 Å². The average molecular weight is 346 g/mol. The normalized spacial score (nSPS) is 11.1. The van der Waals surface area contributed by atoms with Crippen LogP contribution in [-0.4, -0.2) is 16.1 Å². The fourth-order valence-corrected chi connectivity index (χ4v) is 3.80. The van der Waals surface area contributed by atoms with Crippen LogP contribution in [0.4, 0.5) is 9.52 Å². The average Bonchev–Trinajstić information content (AvgIpc) is 2.88. The third kappa shape index (κ3) is 3.89. The first kappa shape index (κ1) is 16.0. The van der Waals surface area contributed by atoms with Crippen LogP contribution in [0.1, 0.15) is 24.2 Å². The highest BCUT2D eigenvalue weighted by molar-refractivity contribution is 7.99. The van der Waals surface area contributed by atoms with Crippen molar-refractivity contribution in [3.8, 4) is 0 Å². The van der Waals surface area contributed by atoms with Crippen LogP contribution >= 0.6 is 23.1 Å². The number of nitrogens with one attached hydrogen (secondary N) is 1. The number of amides is 1. The van der Waals surface area contributed by atoms with Crippen molar-refractivity contribution in [1.82, 2.24) is 4.98 Å². The van der Waals surface area contributed by atoms with Crippen molar-refractivity contribution in [3.63, 3.8) is 0 Å². The van der Waals surface area contributed by atoms with Gasteiger partial charge in [-0.15, -0.1) is 11.8 Å². The number of aromatic nitrogens is 1. The smallest absolute Gasteiger partial charge is 0.257 e. The largest absolute Gasteiger partial charge is 0.298 e. The van der Waals surface area contributed by atoms with Crippen molar-refractivity contribution in [3.05, 3.63) is 53.8 Å². The van der Waals surface area contributed by atoms with E-state index in [1.54, 1.807) is 30.0 Å². The molecule has 0 fully saturated rings. The predicted octanol–water partition coefficient (Wildman–Crippen LogP) is 5.19. The highest BCUT2D eigenvalue weighted by Crippen LogP contribution is 2.27. The molecule has 0 aliphatic rings. The molecule has 23 heavy (non-hydrogen) atoms. The molecule has 0 bridgehead atoms. The minimum absolute atomic E-state index is 0.217. The molecule has 0 saturated heterocycles. The molecule has 3 rings (SSSR count). The molecule has 0 aliphatic heterocycles. The summed E-state index contributed by atoms with van der Waals surface area (Å²) in [7, 11) is 0. The number of nitrogens with zero attached hydrogens (tertiary/aromatic N) is 1. The SMILES string of the molecule is CC(C)Sc1ccc(C(=O)Nc2nc3ccc(F)cc3s2)cc1. The summed E-state index contributed by atoms with van der Waals surface area (Å²) in [5, 5.41) is 3.73. The van der Waals surface area contributed by atoms with Gasteiger partial charge >= 0.3 is 0 Å². The summed E-state index contributed by atoms with van der Waals surface area (Å²) >= 11 is 3.01. The van der Waals surface area contributed by atoms with Crippen molar-refractivity contribution < 1.29 is 9.18 Å². The van der Waals surface area contributed by atoms with E-state index in [4.69, 9.17) is 0 Å². The molecule has 0 unspecified atom stereocenters. The van der Waals surface area contributed by atoms with Crippen LogP contribution in [0.5, 0.6) is 0 Å². The molecule has 6 heteroatoms. The monoisotopic (exact) mass is 346 g/mol. The molecule has 0 saturated carbocycles. The van der Waals surface area contributed by atoms with E-state index in [0.717, 1.165) is 4.90 Å². The van der Waals surface area contributed by atoms with E-state index >= 15 is 0 Å². The van der Waals surface area contributed by atoms with Gasteiger partial charge < -0.3 is 0 Å². The molecule has 0 aliphatic carbocycles. The lowest BCUT2D eigenvalue weighted by Crippen LogP contribution is -2.11. The van der Waals surface area contributed by atoms with Gasteiger partial charge in [0.2, 0.25) is 0 Å². The Morgan fingerprint density at radius 1 is 1.22 bits per heavy atom. The number of anilines is 1. The number of rotatable bonds is 4. The van der Waals surface area contributed by atoms with Crippen LogP contribution in [0.3, 0.4) is 0 Å². The maximum atomic E-state index is 13.2.